The Balaban J connectivity index is 1.66. The van der Waals surface area contributed by atoms with E-state index in [-0.39, 0.29) is 41.6 Å². The minimum Gasteiger partial charge on any atom is -0.465 e. The lowest BCUT2D eigenvalue weighted by atomic mass is 9.66. The molecule has 0 radical (unpaired) electrons. The SMILES string of the molecule is C=CCCCCOC(=O)[C@@H]1[C@H]2C(=O)N([C@H](C)CO)C(C(=O)N(CC=C)C3CCCCC3)C23S[C@@H]1CC3C. The second-order valence-electron chi connectivity index (χ2n) is 11.4. The van der Waals surface area contributed by atoms with Crippen LogP contribution in [-0.4, -0.2) is 80.6 Å². The zero-order chi connectivity index (χ0) is 26.7. The number of aliphatic hydroxyl groups is 1. The second kappa shape index (κ2) is 11.9. The van der Waals surface area contributed by atoms with E-state index < -0.39 is 28.7 Å². The molecule has 4 aliphatic rings. The standard InChI is InChI=1S/C29H44N2O5S/c1-5-7-8-12-16-36-28(35)23-22-17-19(3)29(37-22)24(23)26(33)31(20(4)18-32)25(29)27(34)30(15-6-2)21-13-10-9-11-14-21/h5-6,19-25,32H,1-2,7-18H2,3-4H3/t19?,20-,22-,23+,24+,25?,29?/m1/s1. The molecule has 1 N–H and O–H groups in total. The van der Waals surface area contributed by atoms with Crippen LogP contribution in [0.4, 0.5) is 0 Å². The summed E-state index contributed by atoms with van der Waals surface area (Å²) >= 11 is 1.66. The lowest BCUT2D eigenvalue weighted by molar-refractivity contribution is -0.155. The summed E-state index contributed by atoms with van der Waals surface area (Å²) in [6.07, 6.45) is 12.2. The maximum Gasteiger partial charge on any atom is 0.310 e. The van der Waals surface area contributed by atoms with Gasteiger partial charge in [0.15, 0.2) is 0 Å². The van der Waals surface area contributed by atoms with Gasteiger partial charge in [0.1, 0.15) is 6.04 Å². The number of likely N-dealkylation sites (tertiary alicyclic amines) is 1. The molecule has 4 fully saturated rings. The molecule has 0 aromatic rings. The van der Waals surface area contributed by atoms with Gasteiger partial charge in [-0.1, -0.05) is 38.3 Å². The molecule has 4 rings (SSSR count). The van der Waals surface area contributed by atoms with Gasteiger partial charge in [0.2, 0.25) is 11.8 Å². The highest BCUT2D eigenvalue weighted by Crippen LogP contribution is 2.69. The van der Waals surface area contributed by atoms with Crippen LogP contribution in [0.3, 0.4) is 0 Å². The number of nitrogens with zero attached hydrogens (tertiary/aromatic N) is 2. The Bertz CT molecular complexity index is 890. The number of fused-ring (bicyclic) bond motifs is 1. The highest BCUT2D eigenvalue weighted by Gasteiger charge is 2.77. The molecule has 1 aliphatic carbocycles. The highest BCUT2D eigenvalue weighted by atomic mass is 32.2. The van der Waals surface area contributed by atoms with E-state index in [0.29, 0.717) is 13.2 Å². The average Bonchev–Trinajstić information content (AvgIpc) is 3.50. The molecule has 2 bridgehead atoms. The number of aliphatic hydroxyl groups excluding tert-OH is 1. The number of unbranched alkanes of at least 4 members (excludes halogenated alkanes) is 2. The summed E-state index contributed by atoms with van der Waals surface area (Å²) in [6, 6.07) is -1.09. The number of allylic oxidation sites excluding steroid dienone is 1. The summed E-state index contributed by atoms with van der Waals surface area (Å²) in [4.78, 5) is 45.5. The van der Waals surface area contributed by atoms with E-state index in [1.807, 2.05) is 11.0 Å². The molecule has 8 heteroatoms. The Morgan fingerprint density at radius 2 is 1.97 bits per heavy atom. The van der Waals surface area contributed by atoms with Crippen LogP contribution in [0.5, 0.6) is 0 Å². The van der Waals surface area contributed by atoms with Crippen LogP contribution < -0.4 is 0 Å². The molecule has 206 valence electrons. The zero-order valence-corrected chi connectivity index (χ0v) is 23.3. The van der Waals surface area contributed by atoms with Crippen molar-refractivity contribution < 1.29 is 24.2 Å². The molecule has 7 nitrogen and oxygen atoms in total. The fraction of sp³-hybridized carbons (Fsp3) is 0.759. The van der Waals surface area contributed by atoms with Gasteiger partial charge in [0.25, 0.3) is 0 Å². The van der Waals surface area contributed by atoms with Gasteiger partial charge >= 0.3 is 5.97 Å². The third-order valence-corrected chi connectivity index (χ3v) is 11.2. The molecular weight excluding hydrogens is 488 g/mol. The molecule has 37 heavy (non-hydrogen) atoms. The number of rotatable bonds is 12. The predicted molar refractivity (Wildman–Crippen MR) is 146 cm³/mol. The van der Waals surface area contributed by atoms with Crippen LogP contribution in [0.15, 0.2) is 25.3 Å². The fourth-order valence-corrected chi connectivity index (χ4v) is 9.73. The predicted octanol–water partition coefficient (Wildman–Crippen LogP) is 3.95. The molecule has 3 unspecified atom stereocenters. The van der Waals surface area contributed by atoms with E-state index in [1.165, 1.54) is 6.42 Å². The third kappa shape index (κ3) is 4.88. The van der Waals surface area contributed by atoms with Crippen molar-refractivity contribution >= 4 is 29.5 Å². The van der Waals surface area contributed by atoms with Crippen molar-refractivity contribution in [3.8, 4) is 0 Å². The van der Waals surface area contributed by atoms with E-state index >= 15 is 0 Å². The Hall–Kier alpha value is -1.80. The summed E-state index contributed by atoms with van der Waals surface area (Å²) in [5.41, 5.74) is 0. The maximum atomic E-state index is 14.5. The number of ether oxygens (including phenoxy) is 1. The highest BCUT2D eigenvalue weighted by molar-refractivity contribution is 8.02. The van der Waals surface area contributed by atoms with E-state index in [4.69, 9.17) is 4.74 Å². The van der Waals surface area contributed by atoms with Gasteiger partial charge in [-0.15, -0.1) is 24.9 Å². The number of esters is 1. The molecule has 2 amide bonds. The number of amides is 2. The van der Waals surface area contributed by atoms with E-state index in [1.54, 1.807) is 29.7 Å². The quantitative estimate of drug-likeness (QED) is 0.233. The molecule has 7 atom stereocenters. The largest absolute Gasteiger partial charge is 0.465 e. The molecule has 3 aliphatic heterocycles. The Morgan fingerprint density at radius 1 is 1.24 bits per heavy atom. The summed E-state index contributed by atoms with van der Waals surface area (Å²) < 4.78 is 5.01. The lowest BCUT2D eigenvalue weighted by Crippen LogP contribution is -2.60. The molecule has 1 saturated carbocycles. The summed E-state index contributed by atoms with van der Waals surface area (Å²) in [6.45, 7) is 12.1. The minimum absolute atomic E-state index is 0.0333. The van der Waals surface area contributed by atoms with Crippen molar-refractivity contribution in [1.82, 2.24) is 9.80 Å². The van der Waals surface area contributed by atoms with E-state index in [9.17, 15) is 19.5 Å². The van der Waals surface area contributed by atoms with Gasteiger partial charge in [-0.05, 0) is 51.4 Å². The van der Waals surface area contributed by atoms with Crippen molar-refractivity contribution in [1.29, 1.82) is 0 Å². The third-order valence-electron chi connectivity index (χ3n) is 9.10. The number of thioether (sulfide) groups is 1. The summed E-state index contributed by atoms with van der Waals surface area (Å²) in [5, 5.41) is 10.1. The molecule has 3 heterocycles. The average molecular weight is 533 g/mol. The molecule has 0 aromatic heterocycles. The first-order chi connectivity index (χ1) is 17.8. The molecular formula is C29H44N2O5S. The lowest BCUT2D eigenvalue weighted by Gasteiger charge is -2.43. The monoisotopic (exact) mass is 532 g/mol. The van der Waals surface area contributed by atoms with Crippen LogP contribution in [0.25, 0.3) is 0 Å². The van der Waals surface area contributed by atoms with Gasteiger partial charge in [-0.2, -0.15) is 0 Å². The topological polar surface area (TPSA) is 87.1 Å². The molecule has 1 spiro atoms. The normalized spacial score (nSPS) is 33.8. The Kier molecular flexibility index (Phi) is 9.10. The van der Waals surface area contributed by atoms with Crippen molar-refractivity contribution in [2.45, 2.75) is 99.8 Å². The first-order valence-corrected chi connectivity index (χ1v) is 15.0. The summed E-state index contributed by atoms with van der Waals surface area (Å²) in [5.74, 6) is -1.62. The minimum atomic E-state index is -0.704. The fourth-order valence-electron chi connectivity index (χ4n) is 7.34. The number of carbonyl (C=O) groups is 3. The van der Waals surface area contributed by atoms with Gasteiger partial charge in [0.05, 0.1) is 35.8 Å². The van der Waals surface area contributed by atoms with Crippen molar-refractivity contribution in [2.75, 3.05) is 19.8 Å². The Labute approximate surface area is 226 Å². The van der Waals surface area contributed by atoms with E-state index in [0.717, 1.165) is 51.4 Å². The number of hydrogen-bond acceptors (Lipinski definition) is 6. The van der Waals surface area contributed by atoms with E-state index in [2.05, 4.69) is 20.1 Å². The van der Waals surface area contributed by atoms with Crippen LogP contribution in [-0.2, 0) is 19.1 Å². The summed E-state index contributed by atoms with van der Waals surface area (Å²) in [7, 11) is 0. The zero-order valence-electron chi connectivity index (χ0n) is 22.5. The van der Waals surface area contributed by atoms with Gasteiger partial charge in [-0.25, -0.2) is 0 Å². The van der Waals surface area contributed by atoms with Gasteiger partial charge in [-0.3, -0.25) is 14.4 Å². The van der Waals surface area contributed by atoms with Crippen LogP contribution in [0, 0.1) is 17.8 Å². The number of carbonyl (C=O) groups excluding carboxylic acids is 3. The van der Waals surface area contributed by atoms with Crippen LogP contribution in [0.2, 0.25) is 0 Å². The van der Waals surface area contributed by atoms with Gasteiger partial charge in [0, 0.05) is 17.8 Å². The smallest absolute Gasteiger partial charge is 0.310 e. The van der Waals surface area contributed by atoms with Gasteiger partial charge < -0.3 is 19.6 Å². The van der Waals surface area contributed by atoms with Crippen LogP contribution >= 0.6 is 11.8 Å². The van der Waals surface area contributed by atoms with Crippen molar-refractivity contribution in [3.05, 3.63) is 25.3 Å². The van der Waals surface area contributed by atoms with Crippen molar-refractivity contribution in [3.63, 3.8) is 0 Å². The first kappa shape index (κ1) is 28.2. The second-order valence-corrected chi connectivity index (χ2v) is 12.9. The Morgan fingerprint density at radius 3 is 2.62 bits per heavy atom. The maximum absolute atomic E-state index is 14.5. The molecule has 3 saturated heterocycles. The molecule has 0 aromatic carbocycles. The van der Waals surface area contributed by atoms with Crippen molar-refractivity contribution in [2.24, 2.45) is 17.8 Å². The first-order valence-electron chi connectivity index (χ1n) is 14.1. The van der Waals surface area contributed by atoms with Crippen LogP contribution in [0.1, 0.15) is 71.6 Å². The number of hydrogen-bond donors (Lipinski definition) is 1.